The summed E-state index contributed by atoms with van der Waals surface area (Å²) >= 11 is 0. The van der Waals surface area contributed by atoms with Gasteiger partial charge in [-0.2, -0.15) is 0 Å². The van der Waals surface area contributed by atoms with E-state index in [2.05, 4.69) is 48.5 Å². The Morgan fingerprint density at radius 1 is 0.584 bits per heavy atom. The lowest BCUT2D eigenvalue weighted by molar-refractivity contribution is -0.160. The van der Waals surface area contributed by atoms with Crippen molar-refractivity contribution in [3.8, 4) is 0 Å². The van der Waals surface area contributed by atoms with Gasteiger partial charge in [-0.15, -0.1) is 0 Å². The van der Waals surface area contributed by atoms with Gasteiger partial charge in [-0.3, -0.25) is 4.79 Å². The zero-order valence-electron chi connectivity index (χ0n) is 51.4. The lowest BCUT2D eigenvalue weighted by Gasteiger charge is -2.57. The number of ether oxygens (including phenoxy) is 4. The first-order valence-corrected chi connectivity index (χ1v) is 33.7. The minimum absolute atomic E-state index is 0.0177. The lowest BCUT2D eigenvalue weighted by atomic mass is 9.48. The second-order valence-corrected chi connectivity index (χ2v) is 26.7. The largest absolute Gasteiger partial charge is 0.465 e. The second kappa shape index (κ2) is 32.3. The fourth-order valence-electron chi connectivity index (χ4n) is 17.6. The first-order valence-electron chi connectivity index (χ1n) is 33.7. The molecule has 7 nitrogen and oxygen atoms in total. The van der Waals surface area contributed by atoms with E-state index in [1.165, 1.54) is 167 Å². The van der Waals surface area contributed by atoms with Crippen molar-refractivity contribution in [3.05, 3.63) is 35.4 Å². The summed E-state index contributed by atoms with van der Waals surface area (Å²) < 4.78 is 24.3. The van der Waals surface area contributed by atoms with Crippen molar-refractivity contribution in [1.82, 2.24) is 0 Å². The van der Waals surface area contributed by atoms with E-state index in [0.29, 0.717) is 66.8 Å². The summed E-state index contributed by atoms with van der Waals surface area (Å²) in [5.41, 5.74) is 0.108. The number of hydrogen-bond acceptors (Lipinski definition) is 7. The van der Waals surface area contributed by atoms with Crippen LogP contribution in [-0.4, -0.2) is 48.9 Å². The molecular formula is C70H118O7. The van der Waals surface area contributed by atoms with Crippen molar-refractivity contribution in [2.24, 2.45) is 64.1 Å². The molecule has 1 heterocycles. The maximum absolute atomic E-state index is 13.8. The Bertz CT molecular complexity index is 1870. The first kappa shape index (κ1) is 63.8. The number of carbonyl (C=O) groups is 3. The highest BCUT2D eigenvalue weighted by molar-refractivity contribution is 5.95. The van der Waals surface area contributed by atoms with E-state index in [1.54, 1.807) is 24.3 Å². The number of benzene rings is 1. The van der Waals surface area contributed by atoms with Gasteiger partial charge in [-0.25, -0.2) is 9.59 Å². The number of fused-ring (bicyclic) bond motifs is 5. The maximum atomic E-state index is 13.8. The molecule has 5 fully saturated rings. The van der Waals surface area contributed by atoms with Crippen molar-refractivity contribution in [2.45, 2.75) is 311 Å². The summed E-state index contributed by atoms with van der Waals surface area (Å²) in [5.74, 6) is 6.00. The van der Waals surface area contributed by atoms with Crippen molar-refractivity contribution >= 4 is 17.9 Å². The third-order valence-electron chi connectivity index (χ3n) is 22.5. The van der Waals surface area contributed by atoms with Crippen LogP contribution in [0.15, 0.2) is 24.3 Å². The van der Waals surface area contributed by atoms with E-state index in [0.717, 1.165) is 75.0 Å². The van der Waals surface area contributed by atoms with Gasteiger partial charge >= 0.3 is 17.9 Å². The summed E-state index contributed by atoms with van der Waals surface area (Å²) in [6.07, 6.45) is 44.8. The predicted octanol–water partition coefficient (Wildman–Crippen LogP) is 19.8. The fraction of sp³-hybridized carbons (Fsp3) is 0.871. The highest BCUT2D eigenvalue weighted by Crippen LogP contribution is 2.70. The van der Waals surface area contributed by atoms with E-state index in [9.17, 15) is 14.4 Å². The van der Waals surface area contributed by atoms with E-state index in [-0.39, 0.29) is 35.0 Å². The third-order valence-corrected chi connectivity index (χ3v) is 22.5. The number of epoxide rings is 1. The van der Waals surface area contributed by atoms with Gasteiger partial charge in [0.1, 0.15) is 17.8 Å². The van der Waals surface area contributed by atoms with Gasteiger partial charge in [-0.05, 0) is 174 Å². The molecule has 440 valence electrons. The van der Waals surface area contributed by atoms with Crippen LogP contribution in [-0.2, 0) is 23.7 Å². The Balaban J connectivity index is 0.989. The molecule has 5 aliphatic rings. The topological polar surface area (TPSA) is 91.4 Å². The van der Waals surface area contributed by atoms with Gasteiger partial charge in [0, 0.05) is 11.8 Å². The van der Waals surface area contributed by atoms with Crippen LogP contribution in [0.25, 0.3) is 0 Å². The fourth-order valence-corrected chi connectivity index (χ4v) is 17.6. The Morgan fingerprint density at radius 2 is 1.14 bits per heavy atom. The van der Waals surface area contributed by atoms with Crippen molar-refractivity contribution in [3.63, 3.8) is 0 Å². The van der Waals surface area contributed by atoms with Gasteiger partial charge in [0.25, 0.3) is 0 Å². The standard InChI is InChI=1S/C70H118O7/c1-10-18-21-24-27-30-36-53-43-42-52(13-4)58(59(53)40-31-22-19-11-2)39-32-28-25-26-29-33-41-65(71)75-51-69(15-6,44-34-23-20-12-3)70(16-7,17-8)63-47-56-46-62(63)61-49-57(48-60(56)61)76-66(72)54-37-35-38-55(45-54)67(73)77-68(9,14-5)64-50-74-64/h35,37-38,45,52-53,56-64H,10-34,36,39-44,46-51H2,1-9H3. The van der Waals surface area contributed by atoms with Crippen LogP contribution < -0.4 is 0 Å². The van der Waals surface area contributed by atoms with E-state index < -0.39 is 11.6 Å². The van der Waals surface area contributed by atoms with Crippen molar-refractivity contribution in [2.75, 3.05) is 13.2 Å². The molecule has 0 amide bonds. The molecule has 0 N–H and O–H groups in total. The third kappa shape index (κ3) is 16.9. The molecule has 4 saturated carbocycles. The molecule has 7 heteroatoms. The van der Waals surface area contributed by atoms with Crippen LogP contribution >= 0.6 is 0 Å². The summed E-state index contributed by atoms with van der Waals surface area (Å²) in [7, 11) is 0. The molecule has 13 unspecified atom stereocenters. The van der Waals surface area contributed by atoms with Crippen molar-refractivity contribution in [1.29, 1.82) is 0 Å². The molecule has 13 atom stereocenters. The number of esters is 3. The average molecular weight is 1070 g/mol. The second-order valence-electron chi connectivity index (χ2n) is 26.7. The molecule has 6 rings (SSSR count). The number of carbonyl (C=O) groups excluding carboxylic acids is 3. The SMILES string of the molecule is CCCCCCCCC1CCC(CC)C(CCCCCCCCC(=O)OCC(CC)(CCCCCC)C(CC)(CC)C2CC3CC2C2CC(OC(=O)c4cccc(C(=O)OC(C)(CC)C5CO5)c4)CC32)C1CCCCCC. The van der Waals surface area contributed by atoms with Gasteiger partial charge in [0.05, 0.1) is 24.3 Å². The summed E-state index contributed by atoms with van der Waals surface area (Å²) in [6.45, 7) is 21.8. The van der Waals surface area contributed by atoms with Gasteiger partial charge in [0.15, 0.2) is 0 Å². The molecule has 1 aliphatic heterocycles. The lowest BCUT2D eigenvalue weighted by Crippen LogP contribution is -2.52. The molecule has 77 heavy (non-hydrogen) atoms. The molecular weight excluding hydrogens is 953 g/mol. The number of unbranched alkanes of at least 4 members (excludes halogenated alkanes) is 16. The van der Waals surface area contributed by atoms with Crippen LogP contribution in [0.3, 0.4) is 0 Å². The number of hydrogen-bond donors (Lipinski definition) is 0. The molecule has 0 radical (unpaired) electrons. The smallest absolute Gasteiger partial charge is 0.338 e. The molecule has 1 aromatic rings. The monoisotopic (exact) mass is 1070 g/mol. The Hall–Kier alpha value is -2.41. The average Bonchev–Trinajstić information content (AvgIpc) is 4.22. The Kier molecular flexibility index (Phi) is 26.7. The zero-order valence-corrected chi connectivity index (χ0v) is 51.4. The van der Waals surface area contributed by atoms with Crippen molar-refractivity contribution < 1.29 is 33.3 Å². The molecule has 2 bridgehead atoms. The van der Waals surface area contributed by atoms with Gasteiger partial charge < -0.3 is 18.9 Å². The Labute approximate surface area is 473 Å². The minimum atomic E-state index is -0.683. The maximum Gasteiger partial charge on any atom is 0.338 e. The van der Waals surface area contributed by atoms with Crippen LogP contribution in [0.5, 0.6) is 0 Å². The first-order chi connectivity index (χ1) is 37.4. The zero-order chi connectivity index (χ0) is 55.3. The molecule has 0 spiro atoms. The van der Waals surface area contributed by atoms with Gasteiger partial charge in [0.2, 0.25) is 0 Å². The highest BCUT2D eigenvalue weighted by Gasteiger charge is 2.64. The van der Waals surface area contributed by atoms with Crippen LogP contribution in [0.4, 0.5) is 0 Å². The van der Waals surface area contributed by atoms with Gasteiger partial charge in [-0.1, -0.05) is 196 Å². The summed E-state index contributed by atoms with van der Waals surface area (Å²) in [6, 6.07) is 6.85. The van der Waals surface area contributed by atoms with E-state index in [1.807, 2.05) is 13.8 Å². The highest BCUT2D eigenvalue weighted by atomic mass is 16.6. The van der Waals surface area contributed by atoms with Crippen LogP contribution in [0.1, 0.15) is 314 Å². The normalized spacial score (nSPS) is 28.2. The Morgan fingerprint density at radius 3 is 1.75 bits per heavy atom. The van der Waals surface area contributed by atoms with Crippen LogP contribution in [0, 0.1) is 64.1 Å². The molecule has 1 aromatic carbocycles. The summed E-state index contributed by atoms with van der Waals surface area (Å²) in [4.78, 5) is 40.9. The minimum Gasteiger partial charge on any atom is -0.465 e. The van der Waals surface area contributed by atoms with E-state index >= 15 is 0 Å². The molecule has 1 saturated heterocycles. The predicted molar refractivity (Wildman–Crippen MR) is 318 cm³/mol. The summed E-state index contributed by atoms with van der Waals surface area (Å²) in [5, 5.41) is 0. The van der Waals surface area contributed by atoms with Crippen LogP contribution in [0.2, 0.25) is 0 Å². The quantitative estimate of drug-likeness (QED) is 0.0280. The van der Waals surface area contributed by atoms with E-state index in [4.69, 9.17) is 18.9 Å². The molecule has 0 aromatic heterocycles. The number of rotatable bonds is 40. The molecule has 4 aliphatic carbocycles.